The van der Waals surface area contributed by atoms with Gasteiger partial charge in [0.15, 0.2) is 18.4 Å². The average Bonchev–Trinajstić information content (AvgIpc) is 2.36. The van der Waals surface area contributed by atoms with Crippen LogP contribution in [-0.2, 0) is 13.0 Å². The minimum Gasteiger partial charge on any atom is -1.00 e. The van der Waals surface area contributed by atoms with Crippen molar-refractivity contribution in [3.63, 3.8) is 0 Å². The molecular weight excluding hydrogens is 290 g/mol. The van der Waals surface area contributed by atoms with Crippen LogP contribution in [-0.4, -0.2) is 11.7 Å². The molecule has 1 aromatic heterocycles. The van der Waals surface area contributed by atoms with E-state index >= 15 is 0 Å². The molecule has 2 nitrogen and oxygen atoms in total. The Kier molecular flexibility index (Phi) is 11.4. The second kappa shape index (κ2) is 11.7. The third-order valence-electron chi connectivity index (χ3n) is 3.16. The van der Waals surface area contributed by atoms with Crippen LogP contribution in [0.2, 0.25) is 0 Å². The van der Waals surface area contributed by atoms with E-state index in [0.29, 0.717) is 6.54 Å². The van der Waals surface area contributed by atoms with Gasteiger partial charge in [0.2, 0.25) is 0 Å². The van der Waals surface area contributed by atoms with E-state index < -0.39 is 0 Å². The highest BCUT2D eigenvalue weighted by atomic mass is 79.9. The molecule has 0 spiro atoms. The van der Waals surface area contributed by atoms with E-state index in [-0.39, 0.29) is 23.6 Å². The molecule has 0 bridgehead atoms. The van der Waals surface area contributed by atoms with Gasteiger partial charge in [-0.15, -0.1) is 0 Å². The van der Waals surface area contributed by atoms with Gasteiger partial charge in [0, 0.05) is 18.6 Å². The Morgan fingerprint density at radius 3 is 2.50 bits per heavy atom. The summed E-state index contributed by atoms with van der Waals surface area (Å²) < 4.78 is 2.16. The Morgan fingerprint density at radius 1 is 1.06 bits per heavy atom. The van der Waals surface area contributed by atoms with Gasteiger partial charge in [-0.05, 0) is 6.42 Å². The molecule has 104 valence electrons. The maximum absolute atomic E-state index is 8.99. The zero-order valence-electron chi connectivity index (χ0n) is 11.4. The van der Waals surface area contributed by atoms with Gasteiger partial charge in [0.25, 0.3) is 0 Å². The van der Waals surface area contributed by atoms with E-state index in [0.717, 1.165) is 6.42 Å². The molecule has 0 saturated heterocycles. The van der Waals surface area contributed by atoms with Crippen LogP contribution in [0.15, 0.2) is 24.4 Å². The van der Waals surface area contributed by atoms with Crippen LogP contribution in [0.5, 0.6) is 0 Å². The van der Waals surface area contributed by atoms with Crippen LogP contribution in [0.4, 0.5) is 0 Å². The predicted molar refractivity (Wildman–Crippen MR) is 70.8 cm³/mol. The lowest BCUT2D eigenvalue weighted by Crippen LogP contribution is -3.00. The van der Waals surface area contributed by atoms with Crippen LogP contribution in [0.1, 0.15) is 51.1 Å². The fourth-order valence-corrected chi connectivity index (χ4v) is 2.15. The minimum absolute atomic E-state index is 0. The van der Waals surface area contributed by atoms with Gasteiger partial charge >= 0.3 is 0 Å². The predicted octanol–water partition coefficient (Wildman–Crippen LogP) is -0.127. The number of aromatic nitrogens is 1. The van der Waals surface area contributed by atoms with Gasteiger partial charge in [0.05, 0.1) is 0 Å². The molecule has 0 saturated carbocycles. The Bertz CT molecular complexity index is 304. The molecule has 18 heavy (non-hydrogen) atoms. The number of halogens is 1. The van der Waals surface area contributed by atoms with Crippen LogP contribution in [0.25, 0.3) is 0 Å². The summed E-state index contributed by atoms with van der Waals surface area (Å²) in [5, 5.41) is 8.99. The first-order valence-electron chi connectivity index (χ1n) is 6.96. The lowest BCUT2D eigenvalue weighted by Gasteiger charge is -2.03. The summed E-state index contributed by atoms with van der Waals surface area (Å²) in [5.41, 5.74) is 1.34. The van der Waals surface area contributed by atoms with Gasteiger partial charge in [-0.2, -0.15) is 0 Å². The normalized spacial score (nSPS) is 10.1. The topological polar surface area (TPSA) is 24.1 Å². The zero-order valence-corrected chi connectivity index (χ0v) is 13.0. The Balaban J connectivity index is 0.00000289. The SMILES string of the molecule is CCCCCCCCc1cccc[n+]1CCO.[Br-]. The molecule has 0 radical (unpaired) electrons. The maximum atomic E-state index is 8.99. The molecule has 0 aliphatic heterocycles. The summed E-state index contributed by atoms with van der Waals surface area (Å²) in [6.45, 7) is 3.19. The highest BCUT2D eigenvalue weighted by Crippen LogP contribution is 2.07. The number of unbranched alkanes of at least 4 members (excludes halogenated alkanes) is 5. The Labute approximate surface area is 122 Å². The molecule has 0 atom stereocenters. The maximum Gasteiger partial charge on any atom is 0.181 e. The molecular formula is C15H26BrNO. The van der Waals surface area contributed by atoms with Gasteiger partial charge in [-0.1, -0.05) is 45.1 Å². The Hall–Kier alpha value is -0.410. The van der Waals surface area contributed by atoms with Gasteiger partial charge < -0.3 is 22.1 Å². The monoisotopic (exact) mass is 315 g/mol. The highest BCUT2D eigenvalue weighted by molar-refractivity contribution is 4.97. The second-order valence-corrected chi connectivity index (χ2v) is 4.63. The molecule has 1 rings (SSSR count). The summed E-state index contributed by atoms with van der Waals surface area (Å²) in [5.74, 6) is 0. The molecule has 1 aromatic rings. The number of pyridine rings is 1. The van der Waals surface area contributed by atoms with E-state index in [1.54, 1.807) is 0 Å². The van der Waals surface area contributed by atoms with E-state index in [2.05, 4.69) is 29.8 Å². The molecule has 0 aliphatic rings. The second-order valence-electron chi connectivity index (χ2n) is 4.63. The first-order valence-corrected chi connectivity index (χ1v) is 6.96. The summed E-state index contributed by atoms with van der Waals surface area (Å²) in [7, 11) is 0. The van der Waals surface area contributed by atoms with Crippen LogP contribution in [0, 0.1) is 0 Å². The molecule has 0 unspecified atom stereocenters. The summed E-state index contributed by atoms with van der Waals surface area (Å²) in [6.07, 6.45) is 11.2. The molecule has 1 N–H and O–H groups in total. The number of rotatable bonds is 9. The first kappa shape index (κ1) is 17.6. The standard InChI is InChI=1S/C15H26NO.BrH/c1-2-3-4-5-6-7-10-15-11-8-9-12-16(15)13-14-17;/h8-9,11-12,17H,2-7,10,13-14H2,1H3;1H/q+1;/p-1. The van der Waals surface area contributed by atoms with E-state index in [9.17, 15) is 0 Å². The molecule has 1 heterocycles. The fourth-order valence-electron chi connectivity index (χ4n) is 2.15. The number of aryl methyl sites for hydroxylation is 1. The van der Waals surface area contributed by atoms with Gasteiger partial charge in [-0.3, -0.25) is 0 Å². The van der Waals surface area contributed by atoms with Crippen molar-refractivity contribution in [2.24, 2.45) is 0 Å². The number of nitrogens with zero attached hydrogens (tertiary/aromatic N) is 1. The molecule has 0 aliphatic carbocycles. The lowest BCUT2D eigenvalue weighted by atomic mass is 10.1. The van der Waals surface area contributed by atoms with Crippen LogP contribution in [0.3, 0.4) is 0 Å². The number of aliphatic hydroxyl groups excluding tert-OH is 1. The van der Waals surface area contributed by atoms with Crippen molar-refractivity contribution in [2.45, 2.75) is 58.4 Å². The summed E-state index contributed by atoms with van der Waals surface area (Å²) in [4.78, 5) is 0. The smallest absolute Gasteiger partial charge is 0.181 e. The molecule has 0 aromatic carbocycles. The van der Waals surface area contributed by atoms with Gasteiger partial charge in [0.1, 0.15) is 6.61 Å². The molecule has 0 fully saturated rings. The molecule has 3 heteroatoms. The minimum atomic E-state index is 0. The first-order chi connectivity index (χ1) is 8.38. The van der Waals surface area contributed by atoms with Crippen molar-refractivity contribution < 1.29 is 26.7 Å². The van der Waals surface area contributed by atoms with E-state index in [4.69, 9.17) is 5.11 Å². The van der Waals surface area contributed by atoms with Crippen molar-refractivity contribution in [1.29, 1.82) is 0 Å². The Morgan fingerprint density at radius 2 is 1.78 bits per heavy atom. The lowest BCUT2D eigenvalue weighted by molar-refractivity contribution is -0.705. The largest absolute Gasteiger partial charge is 1.00 e. The van der Waals surface area contributed by atoms with Crippen molar-refractivity contribution in [3.8, 4) is 0 Å². The number of aliphatic hydroxyl groups is 1. The highest BCUT2D eigenvalue weighted by Gasteiger charge is 2.07. The van der Waals surface area contributed by atoms with Crippen molar-refractivity contribution in [2.75, 3.05) is 6.61 Å². The van der Waals surface area contributed by atoms with Crippen LogP contribution >= 0.6 is 0 Å². The van der Waals surface area contributed by atoms with Crippen molar-refractivity contribution >= 4 is 0 Å². The van der Waals surface area contributed by atoms with E-state index in [1.807, 2.05) is 6.07 Å². The van der Waals surface area contributed by atoms with Crippen molar-refractivity contribution in [1.82, 2.24) is 0 Å². The van der Waals surface area contributed by atoms with Gasteiger partial charge in [-0.25, -0.2) is 4.57 Å². The summed E-state index contributed by atoms with van der Waals surface area (Å²) >= 11 is 0. The van der Waals surface area contributed by atoms with Crippen LogP contribution < -0.4 is 21.5 Å². The van der Waals surface area contributed by atoms with E-state index in [1.165, 1.54) is 44.2 Å². The zero-order chi connectivity index (χ0) is 12.3. The third kappa shape index (κ3) is 7.12. The molecule has 0 amide bonds. The average molecular weight is 316 g/mol. The summed E-state index contributed by atoms with van der Waals surface area (Å²) in [6, 6.07) is 6.28. The quantitative estimate of drug-likeness (QED) is 0.498. The fraction of sp³-hybridized carbons (Fsp3) is 0.667. The number of hydrogen-bond donors (Lipinski definition) is 1. The third-order valence-corrected chi connectivity index (χ3v) is 3.16. The number of hydrogen-bond acceptors (Lipinski definition) is 1. The van der Waals surface area contributed by atoms with Crippen molar-refractivity contribution in [3.05, 3.63) is 30.1 Å².